The molecule has 2 aromatic rings. The number of sulfonamides is 1. The van der Waals surface area contributed by atoms with Crippen LogP contribution in [0.5, 0.6) is 5.75 Å². The smallest absolute Gasteiger partial charge is 0.242 e. The third kappa shape index (κ3) is 7.99. The lowest BCUT2D eigenvalue weighted by molar-refractivity contribution is -0.141. The molecule has 0 saturated carbocycles. The number of ether oxygens (including phenoxy) is 1. The van der Waals surface area contributed by atoms with Crippen LogP contribution in [0.15, 0.2) is 48.5 Å². The van der Waals surface area contributed by atoms with Crippen molar-refractivity contribution < 1.29 is 22.7 Å². The van der Waals surface area contributed by atoms with Crippen molar-refractivity contribution >= 4 is 27.5 Å². The molecule has 0 fully saturated rings. The summed E-state index contributed by atoms with van der Waals surface area (Å²) in [6.45, 7) is 6.45. The van der Waals surface area contributed by atoms with Crippen LogP contribution in [0.1, 0.15) is 44.2 Å². The third-order valence-electron chi connectivity index (χ3n) is 5.76. The molecule has 0 aromatic heterocycles. The zero-order valence-corrected chi connectivity index (χ0v) is 22.1. The maximum atomic E-state index is 13.4. The van der Waals surface area contributed by atoms with Crippen molar-refractivity contribution in [1.82, 2.24) is 10.2 Å². The van der Waals surface area contributed by atoms with Crippen molar-refractivity contribution in [3.8, 4) is 5.75 Å². The first kappa shape index (κ1) is 28.2. The number of nitrogens with one attached hydrogen (secondary N) is 1. The lowest BCUT2D eigenvalue weighted by atomic mass is 10.1. The van der Waals surface area contributed by atoms with E-state index < -0.39 is 16.1 Å². The maximum absolute atomic E-state index is 13.4. The first-order chi connectivity index (χ1) is 16.6. The minimum Gasteiger partial charge on any atom is -0.497 e. The highest BCUT2D eigenvalue weighted by Gasteiger charge is 2.28. The first-order valence-corrected chi connectivity index (χ1v) is 13.7. The van der Waals surface area contributed by atoms with Gasteiger partial charge < -0.3 is 15.0 Å². The van der Waals surface area contributed by atoms with E-state index in [9.17, 15) is 18.0 Å². The van der Waals surface area contributed by atoms with Crippen molar-refractivity contribution in [1.29, 1.82) is 0 Å². The van der Waals surface area contributed by atoms with Crippen LogP contribution in [0.25, 0.3) is 0 Å². The van der Waals surface area contributed by atoms with Gasteiger partial charge in [-0.05, 0) is 56.0 Å². The SMILES string of the molecule is CCNC(=O)[C@@H](CC)N(Cc1cccc(OC)c1)C(=O)CCCN(c1ccccc1C)S(C)(=O)=O. The van der Waals surface area contributed by atoms with Crippen molar-refractivity contribution in [3.05, 3.63) is 59.7 Å². The minimum absolute atomic E-state index is 0.109. The highest BCUT2D eigenvalue weighted by Crippen LogP contribution is 2.23. The van der Waals surface area contributed by atoms with Crippen LogP contribution in [0.3, 0.4) is 0 Å². The van der Waals surface area contributed by atoms with Gasteiger partial charge in [0.15, 0.2) is 0 Å². The maximum Gasteiger partial charge on any atom is 0.242 e. The molecule has 35 heavy (non-hydrogen) atoms. The van der Waals surface area contributed by atoms with Crippen LogP contribution in [0.4, 0.5) is 5.69 Å². The fraction of sp³-hybridized carbons (Fsp3) is 0.462. The highest BCUT2D eigenvalue weighted by molar-refractivity contribution is 7.92. The molecule has 0 radical (unpaired) electrons. The van der Waals surface area contributed by atoms with E-state index in [1.165, 1.54) is 10.6 Å². The van der Waals surface area contributed by atoms with E-state index in [1.54, 1.807) is 24.1 Å². The van der Waals surface area contributed by atoms with Gasteiger partial charge in [0.2, 0.25) is 21.8 Å². The predicted octanol–water partition coefficient (Wildman–Crippen LogP) is 3.49. The van der Waals surface area contributed by atoms with Crippen molar-refractivity contribution in [3.63, 3.8) is 0 Å². The molecule has 0 aliphatic heterocycles. The van der Waals surface area contributed by atoms with E-state index in [0.717, 1.165) is 11.1 Å². The van der Waals surface area contributed by atoms with Crippen molar-refractivity contribution in [2.24, 2.45) is 0 Å². The van der Waals surface area contributed by atoms with Gasteiger partial charge >= 0.3 is 0 Å². The Balaban J connectivity index is 2.23. The van der Waals surface area contributed by atoms with E-state index >= 15 is 0 Å². The van der Waals surface area contributed by atoms with Crippen LogP contribution in [0, 0.1) is 6.92 Å². The molecule has 0 aliphatic rings. The number of hydrogen-bond donors (Lipinski definition) is 1. The molecule has 2 amide bonds. The summed E-state index contributed by atoms with van der Waals surface area (Å²) in [4.78, 5) is 27.7. The van der Waals surface area contributed by atoms with Crippen LogP contribution in [-0.4, -0.2) is 57.6 Å². The molecule has 2 rings (SSSR count). The fourth-order valence-electron chi connectivity index (χ4n) is 4.00. The number of anilines is 1. The number of aryl methyl sites for hydroxylation is 1. The normalized spacial score (nSPS) is 12.0. The molecule has 2 aromatic carbocycles. The standard InChI is InChI=1S/C26H37N3O5S/c1-6-23(26(31)27-7-2)28(19-21-13-10-14-22(18-21)34-4)25(30)16-11-17-29(35(5,32)33)24-15-9-8-12-20(24)3/h8-10,12-15,18,23H,6-7,11,16-17,19H2,1-5H3,(H,27,31)/t23-/m1/s1. The van der Waals surface area contributed by atoms with Crippen LogP contribution in [-0.2, 0) is 26.2 Å². The quantitative estimate of drug-likeness (QED) is 0.451. The molecular formula is C26H37N3O5S. The number of rotatable bonds is 13. The van der Waals surface area contributed by atoms with Crippen LogP contribution in [0.2, 0.25) is 0 Å². The van der Waals surface area contributed by atoms with Crippen LogP contribution < -0.4 is 14.4 Å². The molecular weight excluding hydrogens is 466 g/mol. The summed E-state index contributed by atoms with van der Waals surface area (Å²) < 4.78 is 31.6. The molecule has 0 unspecified atom stereocenters. The summed E-state index contributed by atoms with van der Waals surface area (Å²) in [6, 6.07) is 14.0. The Hall–Kier alpha value is -3.07. The molecule has 9 heteroatoms. The summed E-state index contributed by atoms with van der Waals surface area (Å²) >= 11 is 0. The highest BCUT2D eigenvalue weighted by atomic mass is 32.2. The second-order valence-corrected chi connectivity index (χ2v) is 10.3. The van der Waals surface area contributed by atoms with Crippen molar-refractivity contribution in [2.45, 2.75) is 52.6 Å². The van der Waals surface area contributed by atoms with Gasteiger partial charge in [0.05, 0.1) is 19.1 Å². The van der Waals surface area contributed by atoms with Gasteiger partial charge in [-0.1, -0.05) is 37.3 Å². The molecule has 0 bridgehead atoms. The fourth-order valence-corrected chi connectivity index (χ4v) is 5.03. The Morgan fingerprint density at radius 1 is 1.09 bits per heavy atom. The molecule has 8 nitrogen and oxygen atoms in total. The van der Waals surface area contributed by atoms with Gasteiger partial charge in [0.1, 0.15) is 11.8 Å². The zero-order chi connectivity index (χ0) is 26.0. The summed E-state index contributed by atoms with van der Waals surface area (Å²) in [5, 5.41) is 2.82. The Kier molecular flexibility index (Phi) is 10.6. The number of benzene rings is 2. The molecule has 0 heterocycles. The summed E-state index contributed by atoms with van der Waals surface area (Å²) in [5.74, 6) is 0.260. The lowest BCUT2D eigenvalue weighted by Gasteiger charge is -2.31. The van der Waals surface area contributed by atoms with Gasteiger partial charge in [-0.25, -0.2) is 8.42 Å². The predicted molar refractivity (Wildman–Crippen MR) is 139 cm³/mol. The second-order valence-electron chi connectivity index (χ2n) is 8.42. The second kappa shape index (κ2) is 13.1. The average Bonchev–Trinajstić information content (AvgIpc) is 2.82. The van der Waals surface area contributed by atoms with E-state index in [2.05, 4.69) is 5.32 Å². The molecule has 192 valence electrons. The molecule has 1 N–H and O–H groups in total. The Bertz CT molecular complexity index is 1100. The van der Waals surface area contributed by atoms with Gasteiger partial charge in [-0.2, -0.15) is 0 Å². The lowest BCUT2D eigenvalue weighted by Crippen LogP contribution is -2.49. The Labute approximate surface area is 209 Å². The summed E-state index contributed by atoms with van der Waals surface area (Å²) in [6.07, 6.45) is 2.05. The first-order valence-electron chi connectivity index (χ1n) is 11.9. The molecule has 0 aliphatic carbocycles. The third-order valence-corrected chi connectivity index (χ3v) is 6.94. The number of para-hydroxylation sites is 1. The summed E-state index contributed by atoms with van der Waals surface area (Å²) in [5.41, 5.74) is 2.29. The molecule has 1 atom stereocenters. The van der Waals surface area contributed by atoms with E-state index in [-0.39, 0.29) is 31.3 Å². The molecule has 0 spiro atoms. The number of carbonyl (C=O) groups is 2. The Morgan fingerprint density at radius 3 is 2.40 bits per heavy atom. The topological polar surface area (TPSA) is 96.0 Å². The number of likely N-dealkylation sites (N-methyl/N-ethyl adjacent to an activating group) is 1. The van der Waals surface area contributed by atoms with Gasteiger partial charge in [0, 0.05) is 26.1 Å². The largest absolute Gasteiger partial charge is 0.497 e. The summed E-state index contributed by atoms with van der Waals surface area (Å²) in [7, 11) is -1.95. The zero-order valence-electron chi connectivity index (χ0n) is 21.3. The average molecular weight is 504 g/mol. The minimum atomic E-state index is -3.53. The van der Waals surface area contributed by atoms with Gasteiger partial charge in [-0.15, -0.1) is 0 Å². The monoisotopic (exact) mass is 503 g/mol. The number of hydrogen-bond acceptors (Lipinski definition) is 5. The number of carbonyl (C=O) groups excluding carboxylic acids is 2. The molecule has 0 saturated heterocycles. The number of nitrogens with zero attached hydrogens (tertiary/aromatic N) is 2. The van der Waals surface area contributed by atoms with E-state index in [0.29, 0.717) is 30.8 Å². The Morgan fingerprint density at radius 2 is 1.80 bits per heavy atom. The van der Waals surface area contributed by atoms with Crippen LogP contribution >= 0.6 is 0 Å². The van der Waals surface area contributed by atoms with Crippen molar-refractivity contribution in [2.75, 3.05) is 30.8 Å². The number of methoxy groups -OCH3 is 1. The van der Waals surface area contributed by atoms with E-state index in [4.69, 9.17) is 4.74 Å². The van der Waals surface area contributed by atoms with Gasteiger partial charge in [-0.3, -0.25) is 13.9 Å². The van der Waals surface area contributed by atoms with Gasteiger partial charge in [0.25, 0.3) is 0 Å². The van der Waals surface area contributed by atoms with E-state index in [1.807, 2.05) is 57.2 Å². The number of amides is 2.